The first-order chi connectivity index (χ1) is 17.5. The van der Waals surface area contributed by atoms with Crippen molar-refractivity contribution in [3.05, 3.63) is 79.4 Å². The fraction of sp³-hybridized carbons (Fsp3) is 0.231. The SMILES string of the molecule is COc1ccc(/C=N\NC(=O)CSc2nc3sc4c(c3c(=O)n2-c2ccccc2)CCCC4)cc1Br. The van der Waals surface area contributed by atoms with Gasteiger partial charge in [0.05, 0.1) is 34.6 Å². The van der Waals surface area contributed by atoms with Crippen molar-refractivity contribution in [1.82, 2.24) is 15.0 Å². The molecule has 0 aliphatic heterocycles. The highest BCUT2D eigenvalue weighted by atomic mass is 79.9. The van der Waals surface area contributed by atoms with Crippen LogP contribution in [0.3, 0.4) is 0 Å². The molecular weight excluding hydrogens is 560 g/mol. The number of hydrogen-bond donors (Lipinski definition) is 1. The van der Waals surface area contributed by atoms with E-state index in [-0.39, 0.29) is 17.2 Å². The van der Waals surface area contributed by atoms with E-state index in [1.54, 1.807) is 29.2 Å². The molecule has 36 heavy (non-hydrogen) atoms. The highest BCUT2D eigenvalue weighted by Gasteiger charge is 2.23. The molecular formula is C26H23BrN4O3S2. The van der Waals surface area contributed by atoms with Gasteiger partial charge in [0.25, 0.3) is 11.5 Å². The molecule has 2 heterocycles. The highest BCUT2D eigenvalue weighted by Crippen LogP contribution is 2.35. The van der Waals surface area contributed by atoms with Gasteiger partial charge in [0, 0.05) is 4.88 Å². The summed E-state index contributed by atoms with van der Waals surface area (Å²) in [5, 5.41) is 5.28. The number of hydrogen-bond acceptors (Lipinski definition) is 7. The van der Waals surface area contributed by atoms with Gasteiger partial charge in [-0.2, -0.15) is 5.10 Å². The average molecular weight is 584 g/mol. The van der Waals surface area contributed by atoms with Gasteiger partial charge in [-0.1, -0.05) is 30.0 Å². The summed E-state index contributed by atoms with van der Waals surface area (Å²) < 4.78 is 7.65. The van der Waals surface area contributed by atoms with Crippen LogP contribution in [0.25, 0.3) is 15.9 Å². The second kappa shape index (κ2) is 11.0. The summed E-state index contributed by atoms with van der Waals surface area (Å²) in [5.74, 6) is 0.496. The van der Waals surface area contributed by atoms with Crippen LogP contribution >= 0.6 is 39.0 Å². The lowest BCUT2D eigenvalue weighted by atomic mass is 9.97. The Balaban J connectivity index is 1.38. The Morgan fingerprint density at radius 3 is 2.83 bits per heavy atom. The number of thioether (sulfide) groups is 1. The lowest BCUT2D eigenvalue weighted by Crippen LogP contribution is -2.24. The van der Waals surface area contributed by atoms with Gasteiger partial charge >= 0.3 is 0 Å². The molecule has 1 N–H and O–H groups in total. The van der Waals surface area contributed by atoms with Crippen LogP contribution in [0.4, 0.5) is 0 Å². The van der Waals surface area contributed by atoms with Gasteiger partial charge in [0.15, 0.2) is 5.16 Å². The minimum Gasteiger partial charge on any atom is -0.496 e. The number of halogens is 1. The van der Waals surface area contributed by atoms with Crippen molar-refractivity contribution < 1.29 is 9.53 Å². The van der Waals surface area contributed by atoms with Crippen LogP contribution in [0.5, 0.6) is 5.75 Å². The van der Waals surface area contributed by atoms with Crippen molar-refractivity contribution >= 4 is 61.4 Å². The summed E-state index contributed by atoms with van der Waals surface area (Å²) in [7, 11) is 1.60. The Kier molecular flexibility index (Phi) is 7.54. The maximum Gasteiger partial charge on any atom is 0.267 e. The van der Waals surface area contributed by atoms with Gasteiger partial charge in [-0.25, -0.2) is 10.4 Å². The molecule has 0 saturated heterocycles. The first kappa shape index (κ1) is 24.7. The lowest BCUT2D eigenvalue weighted by Gasteiger charge is -2.13. The highest BCUT2D eigenvalue weighted by molar-refractivity contribution is 9.10. The van der Waals surface area contributed by atoms with E-state index < -0.39 is 0 Å². The molecule has 1 aliphatic rings. The Labute approximate surface area is 224 Å². The summed E-state index contributed by atoms with van der Waals surface area (Å²) in [4.78, 5) is 33.1. The molecule has 0 saturated carbocycles. The van der Waals surface area contributed by atoms with E-state index >= 15 is 0 Å². The quantitative estimate of drug-likeness (QED) is 0.137. The Bertz CT molecular complexity index is 1520. The van der Waals surface area contributed by atoms with Crippen LogP contribution in [0.15, 0.2) is 68.1 Å². The van der Waals surface area contributed by atoms with E-state index in [0.717, 1.165) is 57.2 Å². The molecule has 0 bridgehead atoms. The Morgan fingerprint density at radius 1 is 1.25 bits per heavy atom. The van der Waals surface area contributed by atoms with E-state index in [2.05, 4.69) is 26.5 Å². The third kappa shape index (κ3) is 5.11. The third-order valence-electron chi connectivity index (χ3n) is 5.88. The predicted octanol–water partition coefficient (Wildman–Crippen LogP) is 5.34. The fourth-order valence-electron chi connectivity index (χ4n) is 4.19. The fourth-order valence-corrected chi connectivity index (χ4v) is 6.86. The van der Waals surface area contributed by atoms with E-state index in [1.165, 1.54) is 16.6 Å². The molecule has 184 valence electrons. The van der Waals surface area contributed by atoms with Gasteiger partial charge in [-0.3, -0.25) is 14.2 Å². The van der Waals surface area contributed by atoms with Crippen LogP contribution in [-0.2, 0) is 17.6 Å². The normalized spacial score (nSPS) is 13.2. The largest absolute Gasteiger partial charge is 0.496 e. The smallest absolute Gasteiger partial charge is 0.267 e. The third-order valence-corrected chi connectivity index (χ3v) is 8.63. The molecule has 4 aromatic rings. The van der Waals surface area contributed by atoms with Crippen LogP contribution in [-0.4, -0.2) is 34.5 Å². The monoisotopic (exact) mass is 582 g/mol. The molecule has 0 radical (unpaired) electrons. The zero-order chi connectivity index (χ0) is 25.1. The second-order valence-corrected chi connectivity index (χ2v) is 11.1. The number of methoxy groups -OCH3 is 1. The molecule has 2 aromatic heterocycles. The second-order valence-electron chi connectivity index (χ2n) is 8.24. The molecule has 10 heteroatoms. The number of benzene rings is 2. The van der Waals surface area contributed by atoms with Crippen molar-refractivity contribution in [2.75, 3.05) is 12.9 Å². The number of hydrazone groups is 1. The Morgan fingerprint density at radius 2 is 2.06 bits per heavy atom. The Hall–Kier alpha value is -2.95. The van der Waals surface area contributed by atoms with Crippen molar-refractivity contribution in [2.45, 2.75) is 30.8 Å². The molecule has 0 spiro atoms. The number of fused-ring (bicyclic) bond motifs is 3. The van der Waals surface area contributed by atoms with Crippen LogP contribution in [0.2, 0.25) is 0 Å². The number of thiophene rings is 1. The maximum atomic E-state index is 13.7. The molecule has 0 unspecified atom stereocenters. The van der Waals surface area contributed by atoms with Gasteiger partial charge in [0.1, 0.15) is 10.6 Å². The summed E-state index contributed by atoms with van der Waals surface area (Å²) in [6, 6.07) is 15.0. The zero-order valence-electron chi connectivity index (χ0n) is 19.5. The van der Waals surface area contributed by atoms with Gasteiger partial charge in [-0.15, -0.1) is 11.3 Å². The van der Waals surface area contributed by atoms with Gasteiger partial charge in [-0.05, 0) is 83.1 Å². The summed E-state index contributed by atoms with van der Waals surface area (Å²) in [6.45, 7) is 0. The number of rotatable bonds is 7. The number of carbonyl (C=O) groups is 1. The van der Waals surface area contributed by atoms with Gasteiger partial charge in [0.2, 0.25) is 0 Å². The predicted molar refractivity (Wildman–Crippen MR) is 149 cm³/mol. The van der Waals surface area contributed by atoms with Crippen molar-refractivity contribution in [3.63, 3.8) is 0 Å². The number of amides is 1. The standard InChI is InChI=1S/C26H23BrN4O3S2/c1-34-20-12-11-16(13-19(20)27)14-28-30-22(32)15-35-26-29-24-23(18-9-5-6-10-21(18)36-24)25(33)31(26)17-7-3-2-4-8-17/h2-4,7-8,11-14H,5-6,9-10,15H2,1H3,(H,30,32)/b28-14-. The lowest BCUT2D eigenvalue weighted by molar-refractivity contribution is -0.118. The van der Waals surface area contributed by atoms with Gasteiger partial charge < -0.3 is 4.74 Å². The number of aromatic nitrogens is 2. The molecule has 0 atom stereocenters. The van der Waals surface area contributed by atoms with Crippen molar-refractivity contribution in [3.8, 4) is 11.4 Å². The van der Waals surface area contributed by atoms with E-state index in [4.69, 9.17) is 9.72 Å². The number of aryl methyl sites for hydroxylation is 2. The first-order valence-electron chi connectivity index (χ1n) is 11.5. The van der Waals surface area contributed by atoms with Crippen molar-refractivity contribution in [1.29, 1.82) is 0 Å². The topological polar surface area (TPSA) is 85.6 Å². The van der Waals surface area contributed by atoms with E-state index in [0.29, 0.717) is 10.9 Å². The summed E-state index contributed by atoms with van der Waals surface area (Å²) in [5.41, 5.74) is 5.17. The summed E-state index contributed by atoms with van der Waals surface area (Å²) in [6.07, 6.45) is 5.71. The number of para-hydroxylation sites is 1. The number of nitrogens with one attached hydrogen (secondary N) is 1. The molecule has 7 nitrogen and oxygen atoms in total. The molecule has 0 fully saturated rings. The molecule has 1 aliphatic carbocycles. The minimum atomic E-state index is -0.289. The number of ether oxygens (including phenoxy) is 1. The number of nitrogens with zero attached hydrogens (tertiary/aromatic N) is 3. The van der Waals surface area contributed by atoms with Crippen molar-refractivity contribution in [2.24, 2.45) is 5.10 Å². The van der Waals surface area contributed by atoms with E-state index in [1.807, 2.05) is 48.5 Å². The molecule has 1 amide bonds. The van der Waals surface area contributed by atoms with Crippen LogP contribution < -0.4 is 15.7 Å². The van der Waals surface area contributed by atoms with Crippen LogP contribution in [0, 0.1) is 0 Å². The van der Waals surface area contributed by atoms with E-state index in [9.17, 15) is 9.59 Å². The number of carbonyl (C=O) groups excluding carboxylic acids is 1. The molecule has 5 rings (SSSR count). The first-order valence-corrected chi connectivity index (χ1v) is 14.1. The van der Waals surface area contributed by atoms with Crippen LogP contribution in [0.1, 0.15) is 28.8 Å². The minimum absolute atomic E-state index is 0.0690. The summed E-state index contributed by atoms with van der Waals surface area (Å²) >= 11 is 6.27. The average Bonchev–Trinajstić information content (AvgIpc) is 3.27. The molecule has 2 aromatic carbocycles. The zero-order valence-corrected chi connectivity index (χ0v) is 22.7. The maximum absolute atomic E-state index is 13.7.